The number of carbonyl (C=O) groups is 1. The van der Waals surface area contributed by atoms with Gasteiger partial charge in [0, 0.05) is 29.4 Å². The van der Waals surface area contributed by atoms with Gasteiger partial charge < -0.3 is 14.7 Å². The van der Waals surface area contributed by atoms with E-state index in [9.17, 15) is 4.79 Å². The van der Waals surface area contributed by atoms with Crippen molar-refractivity contribution in [1.82, 2.24) is 0 Å². The maximum absolute atomic E-state index is 10.7. The standard InChI is InChI=1S/C12H16N2O3S/c1-18-11-7-9(13-12(15)16)6-10(8-11)14-2-4-17-5-3-14/h6-8,13H,2-5H2,1H3,(H,15,16). The van der Waals surface area contributed by atoms with E-state index in [1.54, 1.807) is 11.8 Å². The first-order valence-corrected chi connectivity index (χ1v) is 6.93. The molecule has 1 aromatic rings. The Morgan fingerprint density at radius 2 is 2.11 bits per heavy atom. The summed E-state index contributed by atoms with van der Waals surface area (Å²) in [7, 11) is 0. The van der Waals surface area contributed by atoms with Gasteiger partial charge in [0.25, 0.3) is 0 Å². The van der Waals surface area contributed by atoms with Gasteiger partial charge in [0.2, 0.25) is 0 Å². The summed E-state index contributed by atoms with van der Waals surface area (Å²) >= 11 is 1.60. The number of rotatable bonds is 3. The molecule has 0 saturated carbocycles. The van der Waals surface area contributed by atoms with Crippen molar-refractivity contribution in [2.45, 2.75) is 4.90 Å². The third kappa shape index (κ3) is 3.30. The lowest BCUT2D eigenvalue weighted by molar-refractivity contribution is 0.122. The molecule has 18 heavy (non-hydrogen) atoms. The Kier molecular flexibility index (Phi) is 4.33. The van der Waals surface area contributed by atoms with Gasteiger partial charge in [0.1, 0.15) is 0 Å². The highest BCUT2D eigenvalue weighted by Crippen LogP contribution is 2.28. The molecule has 2 rings (SSSR count). The minimum Gasteiger partial charge on any atom is -0.465 e. The summed E-state index contributed by atoms with van der Waals surface area (Å²) in [5.74, 6) is 0. The molecule has 1 aromatic carbocycles. The zero-order chi connectivity index (χ0) is 13.0. The van der Waals surface area contributed by atoms with Gasteiger partial charge in [-0.2, -0.15) is 0 Å². The minimum atomic E-state index is -1.04. The van der Waals surface area contributed by atoms with Gasteiger partial charge in [0.05, 0.1) is 13.2 Å². The molecule has 1 fully saturated rings. The number of nitrogens with zero attached hydrogens (tertiary/aromatic N) is 1. The number of hydrogen-bond acceptors (Lipinski definition) is 4. The molecule has 0 atom stereocenters. The van der Waals surface area contributed by atoms with E-state index < -0.39 is 6.09 Å². The summed E-state index contributed by atoms with van der Waals surface area (Å²) < 4.78 is 5.32. The molecule has 0 bridgehead atoms. The van der Waals surface area contributed by atoms with E-state index in [1.807, 2.05) is 18.4 Å². The van der Waals surface area contributed by atoms with E-state index in [1.165, 1.54) is 0 Å². The van der Waals surface area contributed by atoms with Crippen LogP contribution in [0, 0.1) is 0 Å². The zero-order valence-electron chi connectivity index (χ0n) is 10.2. The highest BCUT2D eigenvalue weighted by Gasteiger charge is 2.13. The number of morpholine rings is 1. The molecule has 98 valence electrons. The van der Waals surface area contributed by atoms with Crippen molar-refractivity contribution in [2.24, 2.45) is 0 Å². The molecule has 1 aliphatic rings. The maximum Gasteiger partial charge on any atom is 0.409 e. The molecule has 6 heteroatoms. The summed E-state index contributed by atoms with van der Waals surface area (Å²) in [6.07, 6.45) is 0.935. The quantitative estimate of drug-likeness (QED) is 0.824. The molecule has 0 spiro atoms. The van der Waals surface area contributed by atoms with Crippen molar-refractivity contribution in [3.8, 4) is 0 Å². The topological polar surface area (TPSA) is 61.8 Å². The molecule has 5 nitrogen and oxygen atoms in total. The summed E-state index contributed by atoms with van der Waals surface area (Å²) in [6.45, 7) is 3.10. The van der Waals surface area contributed by atoms with Crippen LogP contribution in [0.25, 0.3) is 0 Å². The molecule has 1 aliphatic heterocycles. The van der Waals surface area contributed by atoms with Crippen LogP contribution in [0.5, 0.6) is 0 Å². The second-order valence-corrected chi connectivity index (χ2v) is 4.83. The molecule has 0 aromatic heterocycles. The van der Waals surface area contributed by atoms with Crippen molar-refractivity contribution < 1.29 is 14.6 Å². The van der Waals surface area contributed by atoms with Crippen molar-refractivity contribution in [2.75, 3.05) is 42.8 Å². The number of ether oxygens (including phenoxy) is 1. The van der Waals surface area contributed by atoms with Gasteiger partial charge in [-0.25, -0.2) is 4.79 Å². The minimum absolute atomic E-state index is 0.607. The van der Waals surface area contributed by atoms with Crippen LogP contribution in [-0.4, -0.2) is 43.8 Å². The van der Waals surface area contributed by atoms with E-state index in [0.29, 0.717) is 18.9 Å². The van der Waals surface area contributed by atoms with Crippen molar-refractivity contribution in [3.05, 3.63) is 18.2 Å². The lowest BCUT2D eigenvalue weighted by Gasteiger charge is -2.29. The number of thioether (sulfide) groups is 1. The monoisotopic (exact) mass is 268 g/mol. The third-order valence-electron chi connectivity index (χ3n) is 2.75. The maximum atomic E-state index is 10.7. The van der Waals surface area contributed by atoms with Crippen LogP contribution in [0.2, 0.25) is 0 Å². The normalized spacial score (nSPS) is 15.5. The highest BCUT2D eigenvalue weighted by molar-refractivity contribution is 7.98. The number of anilines is 2. The van der Waals surface area contributed by atoms with Crippen LogP contribution < -0.4 is 10.2 Å². The first-order valence-electron chi connectivity index (χ1n) is 5.71. The number of carboxylic acid groups (broad SMARTS) is 1. The first kappa shape index (κ1) is 13.0. The SMILES string of the molecule is CSc1cc(NC(=O)O)cc(N2CCOCC2)c1. The van der Waals surface area contributed by atoms with E-state index in [-0.39, 0.29) is 0 Å². The highest BCUT2D eigenvalue weighted by atomic mass is 32.2. The summed E-state index contributed by atoms with van der Waals surface area (Å²) in [5, 5.41) is 11.2. The largest absolute Gasteiger partial charge is 0.465 e. The van der Waals surface area contributed by atoms with Crippen LogP contribution in [0.3, 0.4) is 0 Å². The average Bonchev–Trinajstić information content (AvgIpc) is 2.38. The Morgan fingerprint density at radius 1 is 1.39 bits per heavy atom. The van der Waals surface area contributed by atoms with Crippen molar-refractivity contribution >= 4 is 29.2 Å². The fourth-order valence-electron chi connectivity index (χ4n) is 1.90. The van der Waals surface area contributed by atoms with Gasteiger partial charge in [0.15, 0.2) is 0 Å². The van der Waals surface area contributed by atoms with Crippen LogP contribution in [0.4, 0.5) is 16.2 Å². The lowest BCUT2D eigenvalue weighted by atomic mass is 10.2. The summed E-state index contributed by atoms with van der Waals surface area (Å²) in [5.41, 5.74) is 1.64. The average molecular weight is 268 g/mol. The molecule has 1 heterocycles. The number of nitrogens with one attached hydrogen (secondary N) is 1. The number of amides is 1. The van der Waals surface area contributed by atoms with E-state index in [2.05, 4.69) is 16.3 Å². The summed E-state index contributed by atoms with van der Waals surface area (Å²) in [6, 6.07) is 5.77. The Balaban J connectivity index is 2.24. The second-order valence-electron chi connectivity index (χ2n) is 3.95. The van der Waals surface area contributed by atoms with Crippen LogP contribution >= 0.6 is 11.8 Å². The molecule has 0 radical (unpaired) electrons. The van der Waals surface area contributed by atoms with E-state index >= 15 is 0 Å². The predicted octanol–water partition coefficient (Wildman–Crippen LogP) is 2.33. The van der Waals surface area contributed by atoms with Gasteiger partial charge in [-0.3, -0.25) is 5.32 Å². The van der Waals surface area contributed by atoms with Crippen LogP contribution in [-0.2, 0) is 4.74 Å². The second kappa shape index (κ2) is 5.97. The van der Waals surface area contributed by atoms with Gasteiger partial charge in [-0.1, -0.05) is 0 Å². The molecular formula is C12H16N2O3S. The van der Waals surface area contributed by atoms with Gasteiger partial charge >= 0.3 is 6.09 Å². The smallest absolute Gasteiger partial charge is 0.409 e. The Bertz CT molecular complexity index is 433. The van der Waals surface area contributed by atoms with Crippen LogP contribution in [0.1, 0.15) is 0 Å². The number of benzene rings is 1. The Morgan fingerprint density at radius 3 is 2.72 bits per heavy atom. The van der Waals surface area contributed by atoms with Gasteiger partial charge in [-0.15, -0.1) is 11.8 Å². The molecule has 1 amide bonds. The van der Waals surface area contributed by atoms with Crippen molar-refractivity contribution in [1.29, 1.82) is 0 Å². The van der Waals surface area contributed by atoms with Gasteiger partial charge in [-0.05, 0) is 24.5 Å². The lowest BCUT2D eigenvalue weighted by Crippen LogP contribution is -2.36. The molecule has 1 saturated heterocycles. The summed E-state index contributed by atoms with van der Waals surface area (Å²) in [4.78, 5) is 14.0. The molecular weight excluding hydrogens is 252 g/mol. The zero-order valence-corrected chi connectivity index (χ0v) is 11.0. The van der Waals surface area contributed by atoms with Crippen molar-refractivity contribution in [3.63, 3.8) is 0 Å². The fourth-order valence-corrected chi connectivity index (χ4v) is 2.38. The molecule has 0 unspecified atom stereocenters. The third-order valence-corrected chi connectivity index (χ3v) is 3.46. The van der Waals surface area contributed by atoms with E-state index in [0.717, 1.165) is 23.7 Å². The predicted molar refractivity (Wildman–Crippen MR) is 72.9 cm³/mol. The first-order chi connectivity index (χ1) is 8.69. The van der Waals surface area contributed by atoms with E-state index in [4.69, 9.17) is 9.84 Å². The molecule has 2 N–H and O–H groups in total. The molecule has 0 aliphatic carbocycles. The Labute approximate surface area is 110 Å². The number of hydrogen-bond donors (Lipinski definition) is 2. The van der Waals surface area contributed by atoms with Crippen LogP contribution in [0.15, 0.2) is 23.1 Å². The fraction of sp³-hybridized carbons (Fsp3) is 0.417. The Hall–Kier alpha value is -1.40.